The van der Waals surface area contributed by atoms with Crippen molar-refractivity contribution in [3.63, 3.8) is 0 Å². The number of nitrogens with one attached hydrogen (secondary N) is 3. The molecule has 3 N–H and O–H groups in total. The Bertz CT molecular complexity index is 893. The molecule has 1 aromatic heterocycles. The second-order valence-electron chi connectivity index (χ2n) is 6.39. The Balaban J connectivity index is 1.66. The van der Waals surface area contributed by atoms with Crippen LogP contribution in [0, 0.1) is 5.92 Å². The van der Waals surface area contributed by atoms with Crippen LogP contribution >= 0.6 is 0 Å². The molecule has 2 aromatic rings. The molecule has 1 aliphatic heterocycles. The van der Waals surface area contributed by atoms with Crippen LogP contribution in [0.1, 0.15) is 17.0 Å². The molecule has 1 aromatic carbocycles. The summed E-state index contributed by atoms with van der Waals surface area (Å²) in [6.45, 7) is 1.63. The predicted molar refractivity (Wildman–Crippen MR) is 96.8 cm³/mol. The molecule has 0 bridgehead atoms. The van der Waals surface area contributed by atoms with Crippen molar-refractivity contribution in [2.45, 2.75) is 17.4 Å². The van der Waals surface area contributed by atoms with Crippen LogP contribution in [0.15, 0.2) is 41.6 Å². The van der Waals surface area contributed by atoms with Gasteiger partial charge in [-0.3, -0.25) is 9.48 Å². The number of rotatable bonds is 6. The van der Waals surface area contributed by atoms with Crippen LogP contribution in [-0.4, -0.2) is 44.2 Å². The van der Waals surface area contributed by atoms with Crippen molar-refractivity contribution in [2.75, 3.05) is 20.1 Å². The molecule has 3 rings (SSSR count). The smallest absolute Gasteiger partial charge is 0.240 e. The molecule has 2 heterocycles. The molecular weight excluding hydrogens is 354 g/mol. The third-order valence-corrected chi connectivity index (χ3v) is 6.06. The van der Waals surface area contributed by atoms with Gasteiger partial charge >= 0.3 is 0 Å². The third-order valence-electron chi connectivity index (χ3n) is 4.65. The fourth-order valence-corrected chi connectivity index (χ4v) is 4.00. The summed E-state index contributed by atoms with van der Waals surface area (Å²) >= 11 is 0. The minimum atomic E-state index is -3.50. The molecule has 0 saturated carbocycles. The van der Waals surface area contributed by atoms with E-state index >= 15 is 0 Å². The van der Waals surface area contributed by atoms with Gasteiger partial charge in [-0.25, -0.2) is 13.1 Å². The first-order valence-corrected chi connectivity index (χ1v) is 9.88. The molecule has 0 unspecified atom stereocenters. The number of aromatic nitrogens is 2. The highest BCUT2D eigenvalue weighted by Gasteiger charge is 2.34. The van der Waals surface area contributed by atoms with E-state index in [1.807, 2.05) is 13.2 Å². The summed E-state index contributed by atoms with van der Waals surface area (Å²) in [5.74, 6) is -0.145. The fraction of sp³-hybridized carbons (Fsp3) is 0.412. The molecule has 1 fully saturated rings. The molecule has 1 aliphatic rings. The minimum absolute atomic E-state index is 0.0503. The van der Waals surface area contributed by atoms with Crippen LogP contribution in [0.3, 0.4) is 0 Å². The highest BCUT2D eigenvalue weighted by molar-refractivity contribution is 7.89. The largest absolute Gasteiger partial charge is 0.352 e. The van der Waals surface area contributed by atoms with E-state index in [2.05, 4.69) is 20.5 Å². The molecule has 26 heavy (non-hydrogen) atoms. The third kappa shape index (κ3) is 3.95. The van der Waals surface area contributed by atoms with Gasteiger partial charge in [0.15, 0.2) is 0 Å². The number of aryl methyl sites for hydroxylation is 1. The van der Waals surface area contributed by atoms with E-state index in [0.717, 1.165) is 17.7 Å². The van der Waals surface area contributed by atoms with E-state index in [-0.39, 0.29) is 29.2 Å². The summed E-state index contributed by atoms with van der Waals surface area (Å²) in [6.07, 6.45) is 3.73. The molecule has 140 valence electrons. The van der Waals surface area contributed by atoms with E-state index < -0.39 is 10.0 Å². The number of sulfonamides is 1. The number of hydrogen-bond acceptors (Lipinski definition) is 5. The lowest BCUT2D eigenvalue weighted by atomic mass is 9.90. The van der Waals surface area contributed by atoms with Gasteiger partial charge < -0.3 is 10.6 Å². The number of hydrogen-bond donors (Lipinski definition) is 3. The Kier molecular flexibility index (Phi) is 5.40. The summed E-state index contributed by atoms with van der Waals surface area (Å²) in [5, 5.41) is 10.4. The standard InChI is InChI=1S/C17H23N5O3S/c1-18-26(24,25)14-5-3-4-12(6-14)7-20-17(23)16-10-19-9-15(16)13-8-21-22(2)11-13/h3-6,8,11,15-16,18-19H,7,9-10H2,1-2H3,(H,20,23)/t15-,16+/m1/s1. The van der Waals surface area contributed by atoms with E-state index in [9.17, 15) is 13.2 Å². The fourth-order valence-electron chi connectivity index (χ4n) is 3.20. The quantitative estimate of drug-likeness (QED) is 0.655. The zero-order valence-electron chi connectivity index (χ0n) is 14.8. The number of benzene rings is 1. The van der Waals surface area contributed by atoms with Crippen LogP contribution in [0.4, 0.5) is 0 Å². The van der Waals surface area contributed by atoms with Crippen LogP contribution in [0.2, 0.25) is 0 Å². The Morgan fingerprint density at radius 1 is 1.38 bits per heavy atom. The van der Waals surface area contributed by atoms with Crippen molar-refractivity contribution >= 4 is 15.9 Å². The summed E-state index contributed by atoms with van der Waals surface area (Å²) in [6, 6.07) is 6.55. The van der Waals surface area contributed by atoms with Gasteiger partial charge in [0, 0.05) is 38.8 Å². The van der Waals surface area contributed by atoms with Gasteiger partial charge in [0.2, 0.25) is 15.9 Å². The van der Waals surface area contributed by atoms with Crippen molar-refractivity contribution in [3.8, 4) is 0 Å². The zero-order chi connectivity index (χ0) is 18.7. The summed E-state index contributed by atoms with van der Waals surface area (Å²) in [5.41, 5.74) is 1.78. The van der Waals surface area contributed by atoms with Crippen LogP contribution in [-0.2, 0) is 28.4 Å². The van der Waals surface area contributed by atoms with E-state index in [4.69, 9.17) is 0 Å². The molecule has 0 spiro atoms. The Morgan fingerprint density at radius 2 is 2.19 bits per heavy atom. The van der Waals surface area contributed by atoms with Crippen molar-refractivity contribution in [1.29, 1.82) is 0 Å². The average molecular weight is 377 g/mol. The number of amides is 1. The first-order chi connectivity index (χ1) is 12.4. The zero-order valence-corrected chi connectivity index (χ0v) is 15.6. The summed E-state index contributed by atoms with van der Waals surface area (Å²) in [7, 11) is -0.275. The Hall–Kier alpha value is -2.23. The van der Waals surface area contributed by atoms with Gasteiger partial charge in [-0.1, -0.05) is 12.1 Å². The maximum Gasteiger partial charge on any atom is 0.240 e. The van der Waals surface area contributed by atoms with Crippen molar-refractivity contribution in [1.82, 2.24) is 25.1 Å². The lowest BCUT2D eigenvalue weighted by molar-refractivity contribution is -0.125. The van der Waals surface area contributed by atoms with E-state index in [1.165, 1.54) is 13.1 Å². The van der Waals surface area contributed by atoms with E-state index in [0.29, 0.717) is 6.54 Å². The second kappa shape index (κ2) is 7.56. The summed E-state index contributed by atoms with van der Waals surface area (Å²) < 4.78 is 27.8. The Morgan fingerprint density at radius 3 is 2.88 bits per heavy atom. The normalized spacial score (nSPS) is 20.2. The highest BCUT2D eigenvalue weighted by atomic mass is 32.2. The van der Waals surface area contributed by atoms with Crippen molar-refractivity contribution < 1.29 is 13.2 Å². The molecule has 1 saturated heterocycles. The van der Waals surface area contributed by atoms with Crippen LogP contribution in [0.25, 0.3) is 0 Å². The number of nitrogens with zero attached hydrogens (tertiary/aromatic N) is 2. The molecule has 0 radical (unpaired) electrons. The van der Waals surface area contributed by atoms with Crippen LogP contribution < -0.4 is 15.4 Å². The second-order valence-corrected chi connectivity index (χ2v) is 8.28. The predicted octanol–water partition coefficient (Wildman–Crippen LogP) is -0.0524. The average Bonchev–Trinajstić information content (AvgIpc) is 3.28. The minimum Gasteiger partial charge on any atom is -0.352 e. The number of carbonyl (C=O) groups is 1. The maximum absolute atomic E-state index is 12.6. The number of carbonyl (C=O) groups excluding carboxylic acids is 1. The van der Waals surface area contributed by atoms with Gasteiger partial charge in [-0.05, 0) is 30.3 Å². The lowest BCUT2D eigenvalue weighted by Gasteiger charge is -2.17. The molecule has 1 amide bonds. The van der Waals surface area contributed by atoms with Crippen LogP contribution in [0.5, 0.6) is 0 Å². The molecule has 8 nitrogen and oxygen atoms in total. The van der Waals surface area contributed by atoms with Gasteiger partial charge in [0.1, 0.15) is 0 Å². The molecule has 0 aliphatic carbocycles. The van der Waals surface area contributed by atoms with Crippen molar-refractivity contribution in [2.24, 2.45) is 13.0 Å². The molecule has 9 heteroatoms. The Labute approximate surface area is 153 Å². The molecular formula is C17H23N5O3S. The first-order valence-electron chi connectivity index (χ1n) is 8.40. The maximum atomic E-state index is 12.6. The van der Waals surface area contributed by atoms with Gasteiger partial charge in [-0.15, -0.1) is 0 Å². The van der Waals surface area contributed by atoms with Crippen molar-refractivity contribution in [3.05, 3.63) is 47.8 Å². The van der Waals surface area contributed by atoms with Gasteiger partial charge in [0.25, 0.3) is 0 Å². The summed E-state index contributed by atoms with van der Waals surface area (Å²) in [4.78, 5) is 12.8. The topological polar surface area (TPSA) is 105 Å². The van der Waals surface area contributed by atoms with Gasteiger partial charge in [0.05, 0.1) is 17.0 Å². The molecule has 2 atom stereocenters. The van der Waals surface area contributed by atoms with Gasteiger partial charge in [-0.2, -0.15) is 5.10 Å². The highest BCUT2D eigenvalue weighted by Crippen LogP contribution is 2.28. The first kappa shape index (κ1) is 18.6. The van der Waals surface area contributed by atoms with E-state index in [1.54, 1.807) is 29.1 Å². The monoisotopic (exact) mass is 377 g/mol. The lowest BCUT2D eigenvalue weighted by Crippen LogP contribution is -2.34. The SMILES string of the molecule is CNS(=O)(=O)c1cccc(CNC(=O)[C@H]2CNC[C@@H]2c2cnn(C)c2)c1.